The largest absolute Gasteiger partial charge is 0.214 e. The quantitative estimate of drug-likeness (QED) is 0.527. The van der Waals surface area contributed by atoms with Gasteiger partial charge in [-0.15, -0.1) is 0 Å². The molecule has 0 N–H and O–H groups in total. The Kier molecular flexibility index (Phi) is 2.81. The normalized spacial score (nSPS) is 38.4. The second-order valence-corrected chi connectivity index (χ2v) is 3.73. The summed E-state index contributed by atoms with van der Waals surface area (Å²) in [4.78, 5) is 0. The van der Waals surface area contributed by atoms with Crippen LogP contribution in [0, 0.1) is 0 Å². The number of hydrogen-bond acceptors (Lipinski definition) is 2. The van der Waals surface area contributed by atoms with E-state index in [1.165, 1.54) is 0 Å². The molecule has 1 aliphatic rings. The Morgan fingerprint density at radius 2 is 1.30 bits per heavy atom. The maximum atomic E-state index is 5.88. The molecule has 0 aromatic rings. The van der Waals surface area contributed by atoms with Crippen molar-refractivity contribution in [3.63, 3.8) is 0 Å². The van der Waals surface area contributed by atoms with Gasteiger partial charge >= 0.3 is 0 Å². The van der Waals surface area contributed by atoms with Crippen molar-refractivity contribution in [3.05, 3.63) is 0 Å². The van der Waals surface area contributed by atoms with Crippen LogP contribution >= 0.6 is 23.6 Å². The summed E-state index contributed by atoms with van der Waals surface area (Å²) < 4.78 is 3.62. The maximum absolute atomic E-state index is 5.88. The van der Waals surface area contributed by atoms with Gasteiger partial charge in [0.15, 0.2) is 0 Å². The summed E-state index contributed by atoms with van der Waals surface area (Å²) in [7, 11) is 0. The van der Waals surface area contributed by atoms with E-state index in [-0.39, 0.29) is 0 Å². The lowest BCUT2D eigenvalue weighted by atomic mass is 10.2. The predicted octanol–water partition coefficient (Wildman–Crippen LogP) is 1.69. The van der Waals surface area contributed by atoms with Crippen molar-refractivity contribution < 1.29 is 0 Å². The van der Waals surface area contributed by atoms with E-state index < -0.39 is 0 Å². The standard InChI is InChI=1S/C6H12Cl2N2/c1-5-3-10(8)6(2)4-9(5)7/h5-6H,3-4H2,1-2H3. The van der Waals surface area contributed by atoms with Crippen molar-refractivity contribution in [2.75, 3.05) is 13.1 Å². The second-order valence-electron chi connectivity index (χ2n) is 2.86. The van der Waals surface area contributed by atoms with Gasteiger partial charge < -0.3 is 0 Å². The minimum atomic E-state index is 0.357. The molecule has 1 fully saturated rings. The fourth-order valence-corrected chi connectivity index (χ4v) is 1.56. The van der Waals surface area contributed by atoms with Crippen LogP contribution in [0.25, 0.3) is 0 Å². The molecular weight excluding hydrogens is 171 g/mol. The van der Waals surface area contributed by atoms with Crippen LogP contribution < -0.4 is 0 Å². The summed E-state index contributed by atoms with van der Waals surface area (Å²) in [5.74, 6) is 0. The topological polar surface area (TPSA) is 6.48 Å². The molecule has 10 heavy (non-hydrogen) atoms. The molecule has 1 aliphatic heterocycles. The number of hydrogen-bond donors (Lipinski definition) is 0. The van der Waals surface area contributed by atoms with E-state index in [1.807, 2.05) is 8.84 Å². The minimum absolute atomic E-state index is 0.357. The van der Waals surface area contributed by atoms with Gasteiger partial charge in [-0.25, -0.2) is 8.84 Å². The molecule has 1 rings (SSSR count). The van der Waals surface area contributed by atoms with Crippen LogP contribution in [0.5, 0.6) is 0 Å². The van der Waals surface area contributed by atoms with Gasteiger partial charge in [-0.2, -0.15) is 0 Å². The van der Waals surface area contributed by atoms with Crippen molar-refractivity contribution >= 4 is 23.6 Å². The number of rotatable bonds is 0. The van der Waals surface area contributed by atoms with E-state index in [0.29, 0.717) is 12.1 Å². The third-order valence-electron chi connectivity index (χ3n) is 1.83. The molecule has 1 heterocycles. The lowest BCUT2D eigenvalue weighted by molar-refractivity contribution is 0.173. The molecule has 0 amide bonds. The van der Waals surface area contributed by atoms with E-state index in [4.69, 9.17) is 23.6 Å². The first-order valence-corrected chi connectivity index (χ1v) is 4.13. The van der Waals surface area contributed by atoms with Gasteiger partial charge in [0.2, 0.25) is 0 Å². The van der Waals surface area contributed by atoms with Crippen molar-refractivity contribution in [2.24, 2.45) is 0 Å². The first kappa shape index (κ1) is 8.60. The van der Waals surface area contributed by atoms with Crippen LogP contribution in [0.15, 0.2) is 0 Å². The summed E-state index contributed by atoms with van der Waals surface area (Å²) in [5, 5.41) is 0. The van der Waals surface area contributed by atoms with Gasteiger partial charge in [0.05, 0.1) is 0 Å². The van der Waals surface area contributed by atoms with Gasteiger partial charge in [-0.1, -0.05) is 0 Å². The molecule has 2 atom stereocenters. The van der Waals surface area contributed by atoms with Crippen LogP contribution in [0.4, 0.5) is 0 Å². The minimum Gasteiger partial charge on any atom is -0.214 e. The molecule has 0 saturated carbocycles. The fourth-order valence-electron chi connectivity index (χ4n) is 1.04. The molecule has 0 aliphatic carbocycles. The van der Waals surface area contributed by atoms with Gasteiger partial charge in [0.25, 0.3) is 0 Å². The number of halogens is 2. The Morgan fingerprint density at radius 3 is 1.60 bits per heavy atom. The lowest BCUT2D eigenvalue weighted by Crippen LogP contribution is -2.48. The van der Waals surface area contributed by atoms with E-state index in [2.05, 4.69) is 13.8 Å². The summed E-state index contributed by atoms with van der Waals surface area (Å²) >= 11 is 11.8. The molecular formula is C6H12Cl2N2. The Hall–Kier alpha value is 0.500. The van der Waals surface area contributed by atoms with Crippen molar-refractivity contribution in [3.8, 4) is 0 Å². The Bertz CT molecular complexity index is 94.3. The molecule has 60 valence electrons. The van der Waals surface area contributed by atoms with Crippen LogP contribution in [-0.2, 0) is 0 Å². The number of nitrogens with zero attached hydrogens (tertiary/aromatic N) is 2. The summed E-state index contributed by atoms with van der Waals surface area (Å²) in [6.45, 7) is 5.81. The Morgan fingerprint density at radius 1 is 1.00 bits per heavy atom. The SMILES string of the molecule is CC1CN(Cl)C(C)CN1Cl. The smallest absolute Gasteiger partial charge is 0.0364 e. The average Bonchev–Trinajstić information content (AvgIpc) is 1.84. The Labute approximate surface area is 71.9 Å². The maximum Gasteiger partial charge on any atom is 0.0364 e. The molecule has 0 radical (unpaired) electrons. The van der Waals surface area contributed by atoms with Gasteiger partial charge in [-0.3, -0.25) is 0 Å². The lowest BCUT2D eigenvalue weighted by Gasteiger charge is -2.36. The molecule has 0 spiro atoms. The highest BCUT2D eigenvalue weighted by Crippen LogP contribution is 2.17. The molecule has 0 aromatic heterocycles. The molecule has 4 heteroatoms. The highest BCUT2D eigenvalue weighted by atomic mass is 35.5. The van der Waals surface area contributed by atoms with Gasteiger partial charge in [0, 0.05) is 25.2 Å². The molecule has 2 unspecified atom stereocenters. The molecule has 0 bridgehead atoms. The fraction of sp³-hybridized carbons (Fsp3) is 1.00. The van der Waals surface area contributed by atoms with E-state index in [0.717, 1.165) is 13.1 Å². The highest BCUT2D eigenvalue weighted by Gasteiger charge is 2.26. The van der Waals surface area contributed by atoms with Crippen LogP contribution in [0.1, 0.15) is 13.8 Å². The molecule has 1 saturated heterocycles. The zero-order valence-corrected chi connectivity index (χ0v) is 7.73. The summed E-state index contributed by atoms with van der Waals surface area (Å²) in [6.07, 6.45) is 0. The monoisotopic (exact) mass is 182 g/mol. The van der Waals surface area contributed by atoms with Gasteiger partial charge in [-0.05, 0) is 37.4 Å². The Balaban J connectivity index is 2.46. The summed E-state index contributed by atoms with van der Waals surface area (Å²) in [5.41, 5.74) is 0. The number of piperazine rings is 1. The van der Waals surface area contributed by atoms with Crippen LogP contribution in [0.2, 0.25) is 0 Å². The zero-order chi connectivity index (χ0) is 7.72. The highest BCUT2D eigenvalue weighted by molar-refractivity contribution is 6.15. The predicted molar refractivity (Wildman–Crippen MR) is 44.0 cm³/mol. The molecule has 2 nitrogen and oxygen atoms in total. The van der Waals surface area contributed by atoms with E-state index in [1.54, 1.807) is 0 Å². The third kappa shape index (κ3) is 1.76. The molecule has 0 aromatic carbocycles. The van der Waals surface area contributed by atoms with E-state index in [9.17, 15) is 0 Å². The summed E-state index contributed by atoms with van der Waals surface area (Å²) in [6, 6.07) is 0.714. The van der Waals surface area contributed by atoms with Crippen LogP contribution in [0.3, 0.4) is 0 Å². The third-order valence-corrected chi connectivity index (χ3v) is 2.78. The van der Waals surface area contributed by atoms with Crippen molar-refractivity contribution in [1.82, 2.24) is 8.84 Å². The first-order chi connectivity index (χ1) is 4.61. The average molecular weight is 183 g/mol. The van der Waals surface area contributed by atoms with Gasteiger partial charge in [0.1, 0.15) is 0 Å². The van der Waals surface area contributed by atoms with Crippen molar-refractivity contribution in [2.45, 2.75) is 25.9 Å². The first-order valence-electron chi connectivity index (χ1n) is 3.46. The second kappa shape index (κ2) is 3.26. The van der Waals surface area contributed by atoms with Crippen LogP contribution in [-0.4, -0.2) is 34.0 Å². The van der Waals surface area contributed by atoms with E-state index >= 15 is 0 Å². The zero-order valence-electron chi connectivity index (χ0n) is 6.22. The van der Waals surface area contributed by atoms with Crippen molar-refractivity contribution in [1.29, 1.82) is 0 Å².